The number of fused-ring (bicyclic) bond motifs is 3. The summed E-state index contributed by atoms with van der Waals surface area (Å²) in [5.41, 5.74) is 5.60. The van der Waals surface area contributed by atoms with Gasteiger partial charge in [0.1, 0.15) is 6.61 Å². The Hall–Kier alpha value is -3.60. The number of amides is 1. The highest BCUT2D eigenvalue weighted by molar-refractivity contribution is 5.79. The zero-order valence-electron chi connectivity index (χ0n) is 17.0. The summed E-state index contributed by atoms with van der Waals surface area (Å²) < 4.78 is 5.73. The van der Waals surface area contributed by atoms with Crippen LogP contribution < -0.4 is 0 Å². The molecule has 5 nitrogen and oxygen atoms in total. The van der Waals surface area contributed by atoms with Crippen LogP contribution in [-0.4, -0.2) is 41.8 Å². The molecule has 0 unspecified atom stereocenters. The molecule has 1 N–H and O–H groups in total. The lowest BCUT2D eigenvalue weighted by Crippen LogP contribution is -2.31. The summed E-state index contributed by atoms with van der Waals surface area (Å²) in [6.07, 6.45) is -0.452. The SMILES string of the molecule is O=C(O)[C@@H]1CN(C(=O)OCC2c3ccccc3-c3ccccc32)C[C@@H]1c1ccccc1. The van der Waals surface area contributed by atoms with Crippen molar-refractivity contribution in [3.05, 3.63) is 95.6 Å². The second kappa shape index (κ2) is 7.91. The van der Waals surface area contributed by atoms with Gasteiger partial charge in [-0.1, -0.05) is 78.9 Å². The van der Waals surface area contributed by atoms with Crippen molar-refractivity contribution < 1.29 is 19.4 Å². The highest BCUT2D eigenvalue weighted by atomic mass is 16.6. The fourth-order valence-electron chi connectivity index (χ4n) is 4.93. The first kappa shape index (κ1) is 19.4. The Balaban J connectivity index is 1.32. The van der Waals surface area contributed by atoms with E-state index in [1.165, 1.54) is 16.0 Å². The summed E-state index contributed by atoms with van der Waals surface area (Å²) in [6.45, 7) is 0.736. The van der Waals surface area contributed by atoms with E-state index in [0.717, 1.165) is 16.7 Å². The van der Waals surface area contributed by atoms with Gasteiger partial charge >= 0.3 is 12.1 Å². The van der Waals surface area contributed by atoms with Gasteiger partial charge in [-0.05, 0) is 27.8 Å². The molecule has 0 aromatic heterocycles. The summed E-state index contributed by atoms with van der Waals surface area (Å²) in [5, 5.41) is 9.69. The molecule has 1 amide bonds. The number of carbonyl (C=O) groups is 2. The molecule has 0 bridgehead atoms. The number of hydrogen-bond acceptors (Lipinski definition) is 3. The molecular formula is C26H23NO4. The van der Waals surface area contributed by atoms with Gasteiger partial charge in [0.2, 0.25) is 0 Å². The van der Waals surface area contributed by atoms with Crippen LogP contribution in [0.2, 0.25) is 0 Å². The molecule has 1 heterocycles. The van der Waals surface area contributed by atoms with E-state index in [9.17, 15) is 14.7 Å². The van der Waals surface area contributed by atoms with E-state index in [0.29, 0.717) is 6.54 Å². The zero-order valence-corrected chi connectivity index (χ0v) is 17.0. The van der Waals surface area contributed by atoms with Crippen LogP contribution in [-0.2, 0) is 9.53 Å². The smallest absolute Gasteiger partial charge is 0.409 e. The molecule has 0 spiro atoms. The summed E-state index contributed by atoms with van der Waals surface area (Å²) in [6, 6.07) is 25.9. The van der Waals surface area contributed by atoms with Gasteiger partial charge in [-0.3, -0.25) is 4.79 Å². The van der Waals surface area contributed by atoms with E-state index in [4.69, 9.17) is 4.74 Å². The molecule has 3 aromatic carbocycles. The van der Waals surface area contributed by atoms with Crippen molar-refractivity contribution in [1.82, 2.24) is 4.90 Å². The number of ether oxygens (including phenoxy) is 1. The number of carboxylic acid groups (broad SMARTS) is 1. The van der Waals surface area contributed by atoms with Crippen molar-refractivity contribution >= 4 is 12.1 Å². The van der Waals surface area contributed by atoms with Crippen LogP contribution in [0.1, 0.15) is 28.5 Å². The topological polar surface area (TPSA) is 66.8 Å². The molecule has 1 aliphatic heterocycles. The Morgan fingerprint density at radius 1 is 0.839 bits per heavy atom. The summed E-state index contributed by atoms with van der Waals surface area (Å²) in [7, 11) is 0. The van der Waals surface area contributed by atoms with Gasteiger partial charge in [0.25, 0.3) is 0 Å². The number of nitrogens with zero attached hydrogens (tertiary/aromatic N) is 1. The summed E-state index contributed by atoms with van der Waals surface area (Å²) >= 11 is 0. The van der Waals surface area contributed by atoms with Crippen molar-refractivity contribution in [2.45, 2.75) is 11.8 Å². The lowest BCUT2D eigenvalue weighted by Gasteiger charge is -2.19. The van der Waals surface area contributed by atoms with Crippen LogP contribution in [0.15, 0.2) is 78.9 Å². The molecule has 1 aliphatic carbocycles. The van der Waals surface area contributed by atoms with E-state index in [2.05, 4.69) is 24.3 Å². The second-order valence-corrected chi connectivity index (χ2v) is 8.17. The lowest BCUT2D eigenvalue weighted by atomic mass is 9.89. The molecule has 5 heteroatoms. The van der Waals surface area contributed by atoms with Crippen molar-refractivity contribution in [1.29, 1.82) is 0 Å². The van der Waals surface area contributed by atoms with Gasteiger partial charge in [0.15, 0.2) is 0 Å². The van der Waals surface area contributed by atoms with Crippen LogP contribution >= 0.6 is 0 Å². The molecule has 1 fully saturated rings. The number of carboxylic acids is 1. The molecule has 0 radical (unpaired) electrons. The second-order valence-electron chi connectivity index (χ2n) is 8.17. The summed E-state index contributed by atoms with van der Waals surface area (Å²) in [5.74, 6) is -1.77. The van der Waals surface area contributed by atoms with Crippen molar-refractivity contribution in [3.63, 3.8) is 0 Å². The number of likely N-dealkylation sites (tertiary alicyclic amines) is 1. The van der Waals surface area contributed by atoms with E-state index < -0.39 is 18.0 Å². The summed E-state index contributed by atoms with van der Waals surface area (Å²) in [4.78, 5) is 26.2. The quantitative estimate of drug-likeness (QED) is 0.671. The Kier molecular flexibility index (Phi) is 4.94. The molecule has 2 atom stereocenters. The monoisotopic (exact) mass is 413 g/mol. The van der Waals surface area contributed by atoms with Gasteiger partial charge in [-0.2, -0.15) is 0 Å². The fraction of sp³-hybridized carbons (Fsp3) is 0.231. The first-order valence-electron chi connectivity index (χ1n) is 10.5. The molecular weight excluding hydrogens is 390 g/mol. The average Bonchev–Trinajstić information content (AvgIpc) is 3.39. The number of hydrogen-bond donors (Lipinski definition) is 1. The van der Waals surface area contributed by atoms with E-state index >= 15 is 0 Å². The zero-order chi connectivity index (χ0) is 21.4. The Morgan fingerprint density at radius 2 is 1.42 bits per heavy atom. The Morgan fingerprint density at radius 3 is 2.03 bits per heavy atom. The lowest BCUT2D eigenvalue weighted by molar-refractivity contribution is -0.141. The number of benzene rings is 3. The third-order valence-electron chi connectivity index (χ3n) is 6.46. The van der Waals surface area contributed by atoms with Gasteiger partial charge in [-0.15, -0.1) is 0 Å². The molecule has 5 rings (SSSR count). The van der Waals surface area contributed by atoms with Crippen LogP contribution in [0.4, 0.5) is 4.79 Å². The molecule has 2 aliphatic rings. The number of carbonyl (C=O) groups excluding carboxylic acids is 1. The van der Waals surface area contributed by atoms with Crippen molar-refractivity contribution in [2.24, 2.45) is 5.92 Å². The van der Waals surface area contributed by atoms with Crippen LogP contribution in [0.3, 0.4) is 0 Å². The third-order valence-corrected chi connectivity index (χ3v) is 6.46. The predicted octanol–water partition coefficient (Wildman–Crippen LogP) is 4.74. The molecule has 1 saturated heterocycles. The largest absolute Gasteiger partial charge is 0.481 e. The minimum absolute atomic E-state index is 0.0147. The van der Waals surface area contributed by atoms with Crippen LogP contribution in [0.5, 0.6) is 0 Å². The highest BCUT2D eigenvalue weighted by Gasteiger charge is 2.41. The van der Waals surface area contributed by atoms with E-state index in [-0.39, 0.29) is 25.0 Å². The van der Waals surface area contributed by atoms with Gasteiger partial charge in [0.05, 0.1) is 5.92 Å². The van der Waals surface area contributed by atoms with Gasteiger partial charge in [0, 0.05) is 24.9 Å². The van der Waals surface area contributed by atoms with Crippen LogP contribution in [0, 0.1) is 5.92 Å². The van der Waals surface area contributed by atoms with Crippen LogP contribution in [0.25, 0.3) is 11.1 Å². The Labute approximate surface area is 180 Å². The van der Waals surface area contributed by atoms with Gasteiger partial charge < -0.3 is 14.7 Å². The highest BCUT2D eigenvalue weighted by Crippen LogP contribution is 2.44. The molecule has 31 heavy (non-hydrogen) atoms. The predicted molar refractivity (Wildman–Crippen MR) is 117 cm³/mol. The standard InChI is InChI=1S/C26H23NO4/c28-25(29)23-15-27(14-22(23)17-8-2-1-3-9-17)26(30)31-16-24-20-12-6-4-10-18(20)19-11-5-7-13-21(19)24/h1-13,22-24H,14-16H2,(H,28,29)/t22-,23-/m1/s1. The molecule has 0 saturated carbocycles. The maximum Gasteiger partial charge on any atom is 0.409 e. The van der Waals surface area contributed by atoms with Crippen molar-refractivity contribution in [2.75, 3.05) is 19.7 Å². The van der Waals surface area contributed by atoms with Gasteiger partial charge in [-0.25, -0.2) is 4.79 Å². The maximum absolute atomic E-state index is 12.9. The molecule has 3 aromatic rings. The maximum atomic E-state index is 12.9. The number of rotatable bonds is 4. The fourth-order valence-corrected chi connectivity index (χ4v) is 4.93. The third kappa shape index (κ3) is 3.46. The minimum Gasteiger partial charge on any atom is -0.481 e. The van der Waals surface area contributed by atoms with E-state index in [1.54, 1.807) is 0 Å². The van der Waals surface area contributed by atoms with E-state index in [1.807, 2.05) is 54.6 Å². The Bertz CT molecular complexity index is 1080. The van der Waals surface area contributed by atoms with Crippen molar-refractivity contribution in [3.8, 4) is 11.1 Å². The first-order valence-corrected chi connectivity index (χ1v) is 10.5. The minimum atomic E-state index is -0.886. The first-order chi connectivity index (χ1) is 15.1. The number of aliphatic carboxylic acids is 1. The normalized spacial score (nSPS) is 19.7. The molecule has 156 valence electrons. The average molecular weight is 413 g/mol.